The molecule has 6 rings (SSSR count). The number of ketones is 2. The minimum absolute atomic E-state index is 0.0143. The number of Topliss-reactive ketones (excluding diaryl/α,β-unsaturated/α-hetero) is 1. The van der Waals surface area contributed by atoms with Gasteiger partial charge in [-0.15, -0.1) is 0 Å². The Morgan fingerprint density at radius 1 is 1.21 bits per heavy atom. The van der Waals surface area contributed by atoms with E-state index in [0.717, 1.165) is 18.4 Å². The number of ether oxygens (including phenoxy) is 3. The van der Waals surface area contributed by atoms with Gasteiger partial charge in [-0.05, 0) is 63.5 Å². The van der Waals surface area contributed by atoms with Crippen LogP contribution in [0.5, 0.6) is 0 Å². The lowest BCUT2D eigenvalue weighted by Gasteiger charge is -2.60. The van der Waals surface area contributed by atoms with Crippen LogP contribution in [-0.4, -0.2) is 85.8 Å². The first kappa shape index (κ1) is 27.7. The lowest BCUT2D eigenvalue weighted by atomic mass is 9.46. The monoisotopic (exact) mass is 564 g/mol. The van der Waals surface area contributed by atoms with Crippen molar-refractivity contribution in [2.45, 2.75) is 77.0 Å². The van der Waals surface area contributed by atoms with Crippen LogP contribution in [0.15, 0.2) is 23.8 Å². The maximum Gasteiger partial charge on any atom is 0.280 e. The van der Waals surface area contributed by atoms with Crippen LogP contribution in [0.1, 0.15) is 53.4 Å². The van der Waals surface area contributed by atoms with Gasteiger partial charge in [-0.1, -0.05) is 25.5 Å². The highest BCUT2D eigenvalue weighted by Crippen LogP contribution is 2.70. The van der Waals surface area contributed by atoms with Gasteiger partial charge in [0.05, 0.1) is 32.0 Å². The van der Waals surface area contributed by atoms with Crippen LogP contribution in [0.3, 0.4) is 0 Å². The van der Waals surface area contributed by atoms with Crippen molar-refractivity contribution in [3.8, 4) is 0 Å². The van der Waals surface area contributed by atoms with Gasteiger partial charge in [0.25, 0.3) is 10.2 Å². The highest BCUT2D eigenvalue weighted by atomic mass is 32.2. The van der Waals surface area contributed by atoms with E-state index in [0.29, 0.717) is 26.1 Å². The molecule has 0 spiro atoms. The van der Waals surface area contributed by atoms with Gasteiger partial charge in [-0.2, -0.15) is 17.4 Å². The molecule has 216 valence electrons. The number of hydrogen-bond acceptors (Lipinski definition) is 8. The molecule has 8 atom stereocenters. The van der Waals surface area contributed by atoms with Gasteiger partial charge in [0.15, 0.2) is 23.0 Å². The quantitative estimate of drug-likeness (QED) is 0.514. The molecular formula is C28H40N2O8S. The van der Waals surface area contributed by atoms with Gasteiger partial charge in [-0.3, -0.25) is 9.59 Å². The summed E-state index contributed by atoms with van der Waals surface area (Å²) in [6.07, 6.45) is 6.47. The van der Waals surface area contributed by atoms with E-state index < -0.39 is 51.2 Å². The first-order valence-electron chi connectivity index (χ1n) is 14.1. The number of nitrogens with one attached hydrogen (secondary N) is 1. The van der Waals surface area contributed by atoms with Crippen molar-refractivity contribution in [1.29, 1.82) is 0 Å². The standard InChI is InChI=1S/C28H40N2O8S/c1-25(2)37-23-14-20-19-6-5-17-13-18(31)7-8-26(17,3)24(19)21(32)15-27(20,4)28(23,38-25)22(33)16-29-39(34,35)30-9-11-36-12-10-30/h7-8,13,19-21,23-24,29,32H,5-6,9-12,14-16H2,1-4H3/t19?,20?,21?,23-,24?,26?,27?,28-/m1/s1. The third-order valence-corrected chi connectivity index (χ3v) is 12.2. The highest BCUT2D eigenvalue weighted by Gasteiger charge is 2.76. The van der Waals surface area contributed by atoms with Gasteiger partial charge in [0, 0.05) is 29.8 Å². The molecule has 2 saturated heterocycles. The Hall–Kier alpha value is -1.47. The summed E-state index contributed by atoms with van der Waals surface area (Å²) in [5.74, 6) is -1.39. The molecule has 2 aliphatic heterocycles. The summed E-state index contributed by atoms with van der Waals surface area (Å²) in [7, 11) is -3.88. The van der Waals surface area contributed by atoms with E-state index in [4.69, 9.17) is 14.2 Å². The molecule has 6 aliphatic rings. The Bertz CT molecular complexity index is 1240. The van der Waals surface area contributed by atoms with E-state index in [9.17, 15) is 23.1 Å². The minimum Gasteiger partial charge on any atom is -0.393 e. The van der Waals surface area contributed by atoms with Crippen molar-refractivity contribution < 1.29 is 37.3 Å². The fraction of sp³-hybridized carbons (Fsp3) is 0.786. The summed E-state index contributed by atoms with van der Waals surface area (Å²) in [6.45, 7) is 8.35. The zero-order valence-electron chi connectivity index (χ0n) is 23.1. The maximum absolute atomic E-state index is 14.2. The zero-order valence-corrected chi connectivity index (χ0v) is 24.0. The number of rotatable bonds is 5. The molecule has 0 aromatic heterocycles. The molecule has 4 aliphatic carbocycles. The van der Waals surface area contributed by atoms with Crippen molar-refractivity contribution in [2.24, 2.45) is 28.6 Å². The summed E-state index contributed by atoms with van der Waals surface area (Å²) < 4.78 is 47.9. The zero-order chi connectivity index (χ0) is 28.0. The number of fused-ring (bicyclic) bond motifs is 7. The molecule has 10 nitrogen and oxygen atoms in total. The molecule has 5 fully saturated rings. The van der Waals surface area contributed by atoms with E-state index >= 15 is 0 Å². The second kappa shape index (κ2) is 9.01. The van der Waals surface area contributed by atoms with Crippen LogP contribution in [-0.2, 0) is 34.0 Å². The average Bonchev–Trinajstić information content (AvgIpc) is 3.29. The molecule has 2 heterocycles. The number of morpholine rings is 1. The molecule has 2 N–H and O–H groups in total. The average molecular weight is 565 g/mol. The minimum atomic E-state index is -3.88. The van der Waals surface area contributed by atoms with Crippen molar-refractivity contribution in [3.05, 3.63) is 23.8 Å². The second-order valence-corrected chi connectivity index (χ2v) is 14.8. The van der Waals surface area contributed by atoms with Gasteiger partial charge in [0.1, 0.15) is 0 Å². The van der Waals surface area contributed by atoms with Crippen LogP contribution in [0.2, 0.25) is 0 Å². The lowest BCUT2D eigenvalue weighted by Crippen LogP contribution is -2.64. The van der Waals surface area contributed by atoms with Gasteiger partial charge in [-0.25, -0.2) is 0 Å². The third-order valence-electron chi connectivity index (χ3n) is 10.6. The molecule has 6 unspecified atom stereocenters. The van der Waals surface area contributed by atoms with E-state index in [-0.39, 0.29) is 42.4 Å². The summed E-state index contributed by atoms with van der Waals surface area (Å²) >= 11 is 0. The van der Waals surface area contributed by atoms with E-state index in [1.807, 2.05) is 13.0 Å². The van der Waals surface area contributed by atoms with Crippen LogP contribution in [0.4, 0.5) is 0 Å². The first-order valence-corrected chi connectivity index (χ1v) is 15.5. The fourth-order valence-electron chi connectivity index (χ4n) is 9.09. The van der Waals surface area contributed by atoms with E-state index in [1.165, 1.54) is 4.31 Å². The topological polar surface area (TPSA) is 131 Å². The predicted octanol–water partition coefficient (Wildman–Crippen LogP) is 1.50. The smallest absolute Gasteiger partial charge is 0.280 e. The number of aliphatic hydroxyl groups excluding tert-OH is 1. The lowest BCUT2D eigenvalue weighted by molar-refractivity contribution is -0.224. The summed E-state index contributed by atoms with van der Waals surface area (Å²) in [5.41, 5.74) is -1.52. The van der Waals surface area contributed by atoms with Gasteiger partial charge < -0.3 is 19.3 Å². The predicted molar refractivity (Wildman–Crippen MR) is 140 cm³/mol. The van der Waals surface area contributed by atoms with Gasteiger partial charge >= 0.3 is 0 Å². The van der Waals surface area contributed by atoms with Crippen LogP contribution >= 0.6 is 0 Å². The normalized spacial score (nSPS) is 45.2. The van der Waals surface area contributed by atoms with Crippen molar-refractivity contribution in [3.63, 3.8) is 0 Å². The first-order chi connectivity index (χ1) is 18.2. The Morgan fingerprint density at radius 3 is 2.64 bits per heavy atom. The Labute approximate surface area is 230 Å². The number of carbonyl (C=O) groups is 2. The van der Waals surface area contributed by atoms with Crippen LogP contribution < -0.4 is 4.72 Å². The molecule has 0 bridgehead atoms. The number of nitrogens with zero attached hydrogens (tertiary/aromatic N) is 1. The summed E-state index contributed by atoms with van der Waals surface area (Å²) in [5, 5.41) is 11.8. The number of carbonyl (C=O) groups excluding carboxylic acids is 2. The maximum atomic E-state index is 14.2. The molecule has 11 heteroatoms. The van der Waals surface area contributed by atoms with Crippen LogP contribution in [0, 0.1) is 28.6 Å². The van der Waals surface area contributed by atoms with E-state index in [2.05, 4.69) is 11.6 Å². The number of hydrogen-bond donors (Lipinski definition) is 2. The summed E-state index contributed by atoms with van der Waals surface area (Å²) in [6, 6.07) is 0. The number of allylic oxidation sites excluding steroid dienone is 4. The van der Waals surface area contributed by atoms with Crippen molar-refractivity contribution >= 4 is 21.8 Å². The molecule has 0 amide bonds. The molecular weight excluding hydrogens is 524 g/mol. The van der Waals surface area contributed by atoms with Crippen molar-refractivity contribution in [2.75, 3.05) is 32.8 Å². The fourth-order valence-corrected chi connectivity index (χ4v) is 10.2. The van der Waals surface area contributed by atoms with Crippen LogP contribution in [0.25, 0.3) is 0 Å². The number of aliphatic hydroxyl groups is 1. The SMILES string of the molecule is CC1(C)O[C@@H]2CC3C4CCC5=CC(=O)C=CC5(C)C4C(O)CC3(C)[C@]2(C(=O)CNS(=O)(=O)N2CCOCC2)O1. The Balaban J connectivity index is 1.32. The summed E-state index contributed by atoms with van der Waals surface area (Å²) in [4.78, 5) is 26.3. The molecule has 0 radical (unpaired) electrons. The Kier molecular flexibility index (Phi) is 6.40. The molecule has 39 heavy (non-hydrogen) atoms. The largest absolute Gasteiger partial charge is 0.393 e. The third kappa shape index (κ3) is 3.99. The highest BCUT2D eigenvalue weighted by molar-refractivity contribution is 7.87. The van der Waals surface area contributed by atoms with Crippen molar-refractivity contribution in [1.82, 2.24) is 9.03 Å². The molecule has 0 aromatic carbocycles. The Morgan fingerprint density at radius 2 is 1.92 bits per heavy atom. The van der Waals surface area contributed by atoms with E-state index in [1.54, 1.807) is 26.0 Å². The second-order valence-electron chi connectivity index (χ2n) is 13.1. The molecule has 0 aromatic rings. The van der Waals surface area contributed by atoms with Gasteiger partial charge in [0.2, 0.25) is 0 Å². The molecule has 3 saturated carbocycles.